The Balaban J connectivity index is 1.94. The van der Waals surface area contributed by atoms with Gasteiger partial charge in [-0.1, -0.05) is 35.7 Å². The van der Waals surface area contributed by atoms with Gasteiger partial charge in [-0.2, -0.15) is 5.10 Å². The fourth-order valence-electron chi connectivity index (χ4n) is 2.69. The maximum Gasteiger partial charge on any atom is 0.275 e. The molecule has 0 saturated heterocycles. The number of hydrogen-bond acceptors (Lipinski definition) is 5. The number of carbonyl (C=O) groups is 1. The molecule has 0 spiro atoms. The number of nitro groups is 1. The van der Waals surface area contributed by atoms with E-state index in [9.17, 15) is 19.7 Å². The van der Waals surface area contributed by atoms with Crippen LogP contribution in [0.4, 0.5) is 5.69 Å². The van der Waals surface area contributed by atoms with Gasteiger partial charge in [0.2, 0.25) is 0 Å². The van der Waals surface area contributed by atoms with E-state index in [0.717, 1.165) is 10.7 Å². The normalized spacial score (nSPS) is 10.4. The van der Waals surface area contributed by atoms with Crippen LogP contribution in [0.5, 0.6) is 0 Å². The van der Waals surface area contributed by atoms with E-state index >= 15 is 0 Å². The lowest BCUT2D eigenvalue weighted by molar-refractivity contribution is -0.384. The molecule has 0 radical (unpaired) electrons. The number of fused-ring (bicyclic) bond motifs is 1. The van der Waals surface area contributed by atoms with Crippen LogP contribution in [0.3, 0.4) is 0 Å². The smallest absolute Gasteiger partial charge is 0.275 e. The predicted molar refractivity (Wildman–Crippen MR) is 104 cm³/mol. The Morgan fingerprint density at radius 3 is 2.68 bits per heavy atom. The van der Waals surface area contributed by atoms with Crippen molar-refractivity contribution in [3.05, 3.63) is 79.2 Å². The number of aromatic nitrogens is 2. The number of nitrogens with zero attached hydrogens (tertiary/aromatic N) is 3. The molecule has 0 saturated carbocycles. The van der Waals surface area contributed by atoms with Gasteiger partial charge in [-0.25, -0.2) is 4.68 Å². The van der Waals surface area contributed by atoms with Gasteiger partial charge in [-0.05, 0) is 12.1 Å². The van der Waals surface area contributed by atoms with E-state index in [2.05, 4.69) is 16.3 Å². The lowest BCUT2D eigenvalue weighted by Crippen LogP contribution is -2.28. The number of carbonyl (C=O) groups excluding carboxylic acids is 1. The zero-order valence-electron chi connectivity index (χ0n) is 14.4. The molecule has 8 nitrogen and oxygen atoms in total. The molecule has 0 unspecified atom stereocenters. The molecule has 1 aromatic heterocycles. The quantitative estimate of drug-likeness (QED) is 0.405. The monoisotopic (exact) mass is 396 g/mol. The van der Waals surface area contributed by atoms with Gasteiger partial charge in [-0.3, -0.25) is 19.7 Å². The number of halogens is 1. The SMILES string of the molecule is C#CCn1nc(CNC(=O)c2cc([N+](=O)[O-])ccc2Cl)c2ccccc2c1=O. The molecule has 3 aromatic rings. The minimum Gasteiger partial charge on any atom is -0.346 e. The van der Waals surface area contributed by atoms with Crippen molar-refractivity contribution < 1.29 is 9.72 Å². The Kier molecular flexibility index (Phi) is 5.38. The van der Waals surface area contributed by atoms with E-state index in [1.807, 2.05) is 0 Å². The van der Waals surface area contributed by atoms with Gasteiger partial charge >= 0.3 is 0 Å². The van der Waals surface area contributed by atoms with Gasteiger partial charge in [0.1, 0.15) is 6.54 Å². The molecule has 0 aliphatic carbocycles. The summed E-state index contributed by atoms with van der Waals surface area (Å²) in [6.45, 7) is -0.0372. The first kappa shape index (κ1) is 19.1. The number of nitrogens with one attached hydrogen (secondary N) is 1. The van der Waals surface area contributed by atoms with E-state index in [-0.39, 0.29) is 34.9 Å². The van der Waals surface area contributed by atoms with Crippen molar-refractivity contribution in [2.24, 2.45) is 0 Å². The summed E-state index contributed by atoms with van der Waals surface area (Å²) in [6.07, 6.45) is 5.29. The molecule has 0 fully saturated rings. The highest BCUT2D eigenvalue weighted by molar-refractivity contribution is 6.33. The van der Waals surface area contributed by atoms with E-state index in [1.165, 1.54) is 12.1 Å². The van der Waals surface area contributed by atoms with Crippen LogP contribution in [0, 0.1) is 22.5 Å². The summed E-state index contributed by atoms with van der Waals surface area (Å²) in [7, 11) is 0. The minimum absolute atomic E-state index is 0.0126. The standard InChI is InChI=1S/C19H13ClN4O4/c1-2-9-23-19(26)14-6-4-3-5-13(14)17(22-23)11-21-18(25)15-10-12(24(27)28)7-8-16(15)20/h1,3-8,10H,9,11H2,(H,21,25). The van der Waals surface area contributed by atoms with Crippen LogP contribution < -0.4 is 10.9 Å². The fourth-order valence-corrected chi connectivity index (χ4v) is 2.89. The summed E-state index contributed by atoms with van der Waals surface area (Å²) in [6, 6.07) is 10.4. The largest absolute Gasteiger partial charge is 0.346 e. The molecule has 28 heavy (non-hydrogen) atoms. The van der Waals surface area contributed by atoms with Crippen LogP contribution in [-0.4, -0.2) is 20.6 Å². The minimum atomic E-state index is -0.613. The Morgan fingerprint density at radius 2 is 2.00 bits per heavy atom. The van der Waals surface area contributed by atoms with Crippen molar-refractivity contribution in [1.29, 1.82) is 0 Å². The lowest BCUT2D eigenvalue weighted by atomic mass is 10.1. The van der Waals surface area contributed by atoms with E-state index in [4.69, 9.17) is 18.0 Å². The Bertz CT molecular complexity index is 1200. The van der Waals surface area contributed by atoms with Crippen LogP contribution in [0.2, 0.25) is 5.02 Å². The van der Waals surface area contributed by atoms with Gasteiger partial charge < -0.3 is 5.32 Å². The van der Waals surface area contributed by atoms with Crippen LogP contribution in [0.1, 0.15) is 16.1 Å². The van der Waals surface area contributed by atoms with Gasteiger partial charge in [0.05, 0.1) is 33.1 Å². The summed E-state index contributed by atoms with van der Waals surface area (Å²) in [5.74, 6) is 1.76. The first-order valence-electron chi connectivity index (χ1n) is 8.06. The molecular weight excluding hydrogens is 384 g/mol. The van der Waals surface area contributed by atoms with E-state index in [1.54, 1.807) is 24.3 Å². The summed E-state index contributed by atoms with van der Waals surface area (Å²) < 4.78 is 1.14. The number of hydrogen-bond donors (Lipinski definition) is 1. The molecule has 9 heteroatoms. The highest BCUT2D eigenvalue weighted by atomic mass is 35.5. The van der Waals surface area contributed by atoms with Crippen molar-refractivity contribution in [1.82, 2.24) is 15.1 Å². The molecule has 140 valence electrons. The molecule has 1 N–H and O–H groups in total. The molecule has 0 aliphatic heterocycles. The molecule has 1 heterocycles. The van der Waals surface area contributed by atoms with Crippen LogP contribution >= 0.6 is 11.6 Å². The van der Waals surface area contributed by atoms with Crippen molar-refractivity contribution in [3.63, 3.8) is 0 Å². The van der Waals surface area contributed by atoms with Crippen molar-refractivity contribution in [2.45, 2.75) is 13.1 Å². The predicted octanol–water partition coefficient (Wildman–Crippen LogP) is 2.52. The van der Waals surface area contributed by atoms with Crippen LogP contribution in [-0.2, 0) is 13.1 Å². The third-order valence-corrected chi connectivity index (χ3v) is 4.34. The second kappa shape index (κ2) is 7.90. The van der Waals surface area contributed by atoms with Crippen LogP contribution in [0.15, 0.2) is 47.3 Å². The molecule has 0 bridgehead atoms. The van der Waals surface area contributed by atoms with Gasteiger partial charge in [0.25, 0.3) is 17.2 Å². The summed E-state index contributed by atoms with van der Waals surface area (Å²) >= 11 is 5.99. The average molecular weight is 397 g/mol. The average Bonchev–Trinajstić information content (AvgIpc) is 2.69. The number of rotatable bonds is 5. The van der Waals surface area contributed by atoms with Crippen molar-refractivity contribution in [2.75, 3.05) is 0 Å². The van der Waals surface area contributed by atoms with Gasteiger partial charge in [-0.15, -0.1) is 6.42 Å². The summed E-state index contributed by atoms with van der Waals surface area (Å²) in [5.41, 5.74) is -0.177. The number of non-ortho nitro benzene ring substituents is 1. The van der Waals surface area contributed by atoms with Crippen LogP contribution in [0.25, 0.3) is 10.8 Å². The maximum absolute atomic E-state index is 12.5. The number of terminal acetylenes is 1. The zero-order valence-corrected chi connectivity index (χ0v) is 15.1. The molecule has 3 rings (SSSR count). The highest BCUT2D eigenvalue weighted by Gasteiger charge is 2.17. The molecule has 2 aromatic carbocycles. The third kappa shape index (κ3) is 3.70. The summed E-state index contributed by atoms with van der Waals surface area (Å²) in [5, 5.41) is 18.9. The second-order valence-electron chi connectivity index (χ2n) is 5.76. The Hall–Kier alpha value is -3.70. The fraction of sp³-hybridized carbons (Fsp3) is 0.105. The first-order valence-corrected chi connectivity index (χ1v) is 8.44. The summed E-state index contributed by atoms with van der Waals surface area (Å²) in [4.78, 5) is 35.2. The molecule has 0 atom stereocenters. The van der Waals surface area contributed by atoms with E-state index < -0.39 is 10.8 Å². The van der Waals surface area contributed by atoms with Gasteiger partial charge in [0, 0.05) is 17.5 Å². The van der Waals surface area contributed by atoms with E-state index in [0.29, 0.717) is 16.5 Å². The topological polar surface area (TPSA) is 107 Å². The molecule has 0 aliphatic rings. The van der Waals surface area contributed by atoms with Crippen molar-refractivity contribution in [3.8, 4) is 12.3 Å². The highest BCUT2D eigenvalue weighted by Crippen LogP contribution is 2.22. The maximum atomic E-state index is 12.5. The number of amides is 1. The second-order valence-corrected chi connectivity index (χ2v) is 6.17. The molecular formula is C19H13ClN4O4. The Labute approximate surface area is 163 Å². The number of benzene rings is 2. The Morgan fingerprint density at radius 1 is 1.29 bits per heavy atom. The molecule has 1 amide bonds. The zero-order chi connectivity index (χ0) is 20.3. The third-order valence-electron chi connectivity index (χ3n) is 4.01. The first-order chi connectivity index (χ1) is 13.4. The van der Waals surface area contributed by atoms with Crippen molar-refractivity contribution >= 4 is 34.0 Å². The van der Waals surface area contributed by atoms with Gasteiger partial charge in [0.15, 0.2) is 0 Å². The number of nitro benzene ring substituents is 1. The lowest BCUT2D eigenvalue weighted by Gasteiger charge is -2.11.